The van der Waals surface area contributed by atoms with Crippen LogP contribution in [0.25, 0.3) is 21.2 Å². The molecule has 7 heteroatoms. The van der Waals surface area contributed by atoms with E-state index in [-0.39, 0.29) is 11.8 Å². The molecule has 2 atom stereocenters. The zero-order chi connectivity index (χ0) is 21.2. The molecule has 31 heavy (non-hydrogen) atoms. The lowest BCUT2D eigenvalue weighted by atomic mass is 9.88. The molecule has 3 aromatic rings. The highest BCUT2D eigenvalue weighted by Crippen LogP contribution is 2.30. The number of nitrogens with one attached hydrogen (secondary N) is 2. The second-order valence-corrected chi connectivity index (χ2v) is 9.66. The molecule has 0 bridgehead atoms. The second-order valence-electron chi connectivity index (χ2n) is 8.78. The number of likely N-dealkylation sites (tertiary alicyclic amines) is 1. The maximum absolute atomic E-state index is 13.0. The third kappa shape index (κ3) is 4.49. The summed E-state index contributed by atoms with van der Waals surface area (Å²) in [5.41, 5.74) is 2.98. The zero-order valence-corrected chi connectivity index (χ0v) is 18.7. The number of hydrogen-bond acceptors (Lipinski definition) is 6. The molecule has 4 heterocycles. The SMILES string of the molecule is CC1CC(C(=O)Nc2cc3cc(-c4cncs4)ccc3cn2)CCN1C1CCNCC1. The van der Waals surface area contributed by atoms with E-state index >= 15 is 0 Å². The van der Waals surface area contributed by atoms with E-state index < -0.39 is 0 Å². The molecule has 5 rings (SSSR count). The zero-order valence-electron chi connectivity index (χ0n) is 17.9. The number of rotatable bonds is 4. The highest BCUT2D eigenvalue weighted by Gasteiger charge is 2.33. The minimum absolute atomic E-state index is 0.0500. The standard InChI is InChI=1S/C24H29N5OS/c1-16-10-18(6-9-29(16)21-4-7-25-8-5-21)24(30)28-23-12-20-11-17(22-14-26-15-31-22)2-3-19(20)13-27-23/h2-3,11-16,18,21,25H,4-10H2,1H3,(H,27,28,30). The van der Waals surface area contributed by atoms with Crippen molar-refractivity contribution in [1.82, 2.24) is 20.2 Å². The number of pyridine rings is 1. The van der Waals surface area contributed by atoms with Crippen molar-refractivity contribution in [2.24, 2.45) is 5.92 Å². The first-order valence-corrected chi connectivity index (χ1v) is 12.1. The van der Waals surface area contributed by atoms with Crippen molar-refractivity contribution < 1.29 is 4.79 Å². The van der Waals surface area contributed by atoms with Gasteiger partial charge >= 0.3 is 0 Å². The first-order chi connectivity index (χ1) is 15.2. The summed E-state index contributed by atoms with van der Waals surface area (Å²) in [6.45, 7) is 5.50. The van der Waals surface area contributed by atoms with E-state index in [1.807, 2.05) is 24.0 Å². The Hall–Kier alpha value is -2.35. The molecule has 2 aromatic heterocycles. The van der Waals surface area contributed by atoms with Gasteiger partial charge in [-0.05, 0) is 75.3 Å². The molecule has 2 N–H and O–H groups in total. The molecule has 6 nitrogen and oxygen atoms in total. The van der Waals surface area contributed by atoms with Gasteiger partial charge in [-0.2, -0.15) is 0 Å². The lowest BCUT2D eigenvalue weighted by Crippen LogP contribution is -2.51. The molecular formula is C24H29N5OS. The summed E-state index contributed by atoms with van der Waals surface area (Å²) >= 11 is 1.62. The van der Waals surface area contributed by atoms with E-state index in [1.165, 1.54) is 12.8 Å². The smallest absolute Gasteiger partial charge is 0.228 e. The van der Waals surface area contributed by atoms with Gasteiger partial charge in [0.05, 0.1) is 10.4 Å². The van der Waals surface area contributed by atoms with Crippen LogP contribution in [-0.2, 0) is 4.79 Å². The van der Waals surface area contributed by atoms with Gasteiger partial charge in [0.15, 0.2) is 0 Å². The van der Waals surface area contributed by atoms with Crippen molar-refractivity contribution in [1.29, 1.82) is 0 Å². The number of piperidine rings is 2. The average molecular weight is 436 g/mol. The Morgan fingerprint density at radius 1 is 1.16 bits per heavy atom. The third-order valence-electron chi connectivity index (χ3n) is 6.77. The van der Waals surface area contributed by atoms with E-state index in [4.69, 9.17) is 0 Å². The number of nitrogens with zero attached hydrogens (tertiary/aromatic N) is 3. The third-order valence-corrected chi connectivity index (χ3v) is 7.59. The molecule has 0 aliphatic carbocycles. The van der Waals surface area contributed by atoms with Crippen LogP contribution in [0.2, 0.25) is 0 Å². The second kappa shape index (κ2) is 9.02. The van der Waals surface area contributed by atoms with Crippen molar-refractivity contribution in [2.45, 2.75) is 44.7 Å². The molecule has 2 unspecified atom stereocenters. The Labute approximate surface area is 187 Å². The summed E-state index contributed by atoms with van der Waals surface area (Å²) in [7, 11) is 0. The molecule has 2 fully saturated rings. The van der Waals surface area contributed by atoms with Crippen molar-refractivity contribution in [3.8, 4) is 10.4 Å². The van der Waals surface area contributed by atoms with Crippen LogP contribution < -0.4 is 10.6 Å². The quantitative estimate of drug-likeness (QED) is 0.644. The van der Waals surface area contributed by atoms with E-state index in [0.29, 0.717) is 17.9 Å². The summed E-state index contributed by atoms with van der Waals surface area (Å²) in [5.74, 6) is 0.781. The Bertz CT molecular complexity index is 1050. The molecule has 0 spiro atoms. The highest BCUT2D eigenvalue weighted by atomic mass is 32.1. The lowest BCUT2D eigenvalue weighted by molar-refractivity contribution is -0.122. The Balaban J connectivity index is 1.25. The number of hydrogen-bond donors (Lipinski definition) is 2. The van der Waals surface area contributed by atoms with Crippen LogP contribution in [0.15, 0.2) is 42.2 Å². The molecular weight excluding hydrogens is 406 g/mol. The Kier molecular flexibility index (Phi) is 5.98. The van der Waals surface area contributed by atoms with Gasteiger partial charge < -0.3 is 10.6 Å². The maximum Gasteiger partial charge on any atom is 0.228 e. The van der Waals surface area contributed by atoms with Crippen molar-refractivity contribution in [2.75, 3.05) is 25.0 Å². The van der Waals surface area contributed by atoms with Crippen LogP contribution >= 0.6 is 11.3 Å². The lowest BCUT2D eigenvalue weighted by Gasteiger charge is -2.43. The predicted octanol–water partition coefficient (Wildman–Crippen LogP) is 4.15. The Morgan fingerprint density at radius 2 is 2.03 bits per heavy atom. The molecule has 1 aromatic carbocycles. The first kappa shape index (κ1) is 20.5. The molecule has 2 saturated heterocycles. The van der Waals surface area contributed by atoms with Gasteiger partial charge in [-0.25, -0.2) is 4.98 Å². The van der Waals surface area contributed by atoms with Gasteiger partial charge in [0.2, 0.25) is 5.91 Å². The average Bonchev–Trinajstić information content (AvgIpc) is 3.34. The number of aromatic nitrogens is 2. The molecule has 1 amide bonds. The fraction of sp³-hybridized carbons (Fsp3) is 0.458. The van der Waals surface area contributed by atoms with Crippen LogP contribution in [0.4, 0.5) is 5.82 Å². The van der Waals surface area contributed by atoms with Gasteiger partial charge in [0.25, 0.3) is 0 Å². The predicted molar refractivity (Wildman–Crippen MR) is 126 cm³/mol. The fourth-order valence-corrected chi connectivity index (χ4v) is 5.68. The van der Waals surface area contributed by atoms with Crippen LogP contribution in [0.1, 0.15) is 32.6 Å². The summed E-state index contributed by atoms with van der Waals surface area (Å²) in [5, 5.41) is 8.67. The first-order valence-electron chi connectivity index (χ1n) is 11.2. The number of carbonyl (C=O) groups excluding carboxylic acids is 1. The van der Waals surface area contributed by atoms with Gasteiger partial charge in [-0.1, -0.05) is 12.1 Å². The summed E-state index contributed by atoms with van der Waals surface area (Å²) < 4.78 is 0. The number of anilines is 1. The monoisotopic (exact) mass is 435 g/mol. The minimum atomic E-state index is 0.0500. The maximum atomic E-state index is 13.0. The highest BCUT2D eigenvalue weighted by molar-refractivity contribution is 7.13. The summed E-state index contributed by atoms with van der Waals surface area (Å²) in [6, 6.07) is 9.38. The number of carbonyl (C=O) groups is 1. The van der Waals surface area contributed by atoms with Crippen LogP contribution in [0.3, 0.4) is 0 Å². The molecule has 0 saturated carbocycles. The molecule has 0 radical (unpaired) electrons. The number of fused-ring (bicyclic) bond motifs is 1. The minimum Gasteiger partial charge on any atom is -0.317 e. The van der Waals surface area contributed by atoms with E-state index in [1.54, 1.807) is 11.3 Å². The van der Waals surface area contributed by atoms with Gasteiger partial charge in [0.1, 0.15) is 5.82 Å². The van der Waals surface area contributed by atoms with Crippen molar-refractivity contribution in [3.05, 3.63) is 42.2 Å². The van der Waals surface area contributed by atoms with Crippen LogP contribution in [-0.4, -0.2) is 52.5 Å². The van der Waals surface area contributed by atoms with E-state index in [2.05, 4.69) is 50.6 Å². The summed E-state index contributed by atoms with van der Waals surface area (Å²) in [4.78, 5) is 25.4. The summed E-state index contributed by atoms with van der Waals surface area (Å²) in [6.07, 6.45) is 7.98. The van der Waals surface area contributed by atoms with Crippen molar-refractivity contribution in [3.63, 3.8) is 0 Å². The number of benzene rings is 1. The molecule has 162 valence electrons. The fourth-order valence-electron chi connectivity index (χ4n) is 5.06. The van der Waals surface area contributed by atoms with Gasteiger partial charge in [-0.3, -0.25) is 14.7 Å². The van der Waals surface area contributed by atoms with E-state index in [0.717, 1.165) is 53.7 Å². The topological polar surface area (TPSA) is 70.2 Å². The van der Waals surface area contributed by atoms with Gasteiger partial charge in [-0.15, -0.1) is 11.3 Å². The molecule has 2 aliphatic rings. The van der Waals surface area contributed by atoms with Crippen molar-refractivity contribution >= 4 is 33.8 Å². The molecule has 2 aliphatic heterocycles. The van der Waals surface area contributed by atoms with Crippen LogP contribution in [0, 0.1) is 5.92 Å². The number of thiazole rings is 1. The largest absolute Gasteiger partial charge is 0.317 e. The van der Waals surface area contributed by atoms with Crippen LogP contribution in [0.5, 0.6) is 0 Å². The van der Waals surface area contributed by atoms with Gasteiger partial charge in [0, 0.05) is 35.8 Å². The Morgan fingerprint density at radius 3 is 2.81 bits per heavy atom. The normalized spacial score (nSPS) is 23.1. The van der Waals surface area contributed by atoms with E-state index in [9.17, 15) is 4.79 Å². The number of amides is 1.